The van der Waals surface area contributed by atoms with Crippen LogP contribution in [0.5, 0.6) is 0 Å². The maximum absolute atomic E-state index is 6.02. The fourth-order valence-electron chi connectivity index (χ4n) is 2.41. The topological polar surface area (TPSA) is 82.8 Å². The molecule has 2 heterocycles. The Balaban J connectivity index is 1.49. The van der Waals surface area contributed by atoms with E-state index in [4.69, 9.17) is 10.3 Å². The monoisotopic (exact) mass is 427 g/mol. The van der Waals surface area contributed by atoms with Gasteiger partial charge in [-0.05, 0) is 28.1 Å². The van der Waals surface area contributed by atoms with Gasteiger partial charge < -0.3 is 10.3 Å². The minimum Gasteiger partial charge on any atom is -0.420 e. The number of aromatic nitrogens is 4. The van der Waals surface area contributed by atoms with Crippen LogP contribution in [0.15, 0.2) is 74.8 Å². The number of nitrogens with two attached hydrogens (primary N) is 1. The van der Waals surface area contributed by atoms with Crippen molar-refractivity contribution in [2.24, 2.45) is 0 Å². The average molecular weight is 428 g/mol. The van der Waals surface area contributed by atoms with Crippen LogP contribution in [0.25, 0.3) is 22.7 Å². The molecule has 0 amide bonds. The van der Waals surface area contributed by atoms with Gasteiger partial charge in [0.25, 0.3) is 0 Å². The minimum absolute atomic E-state index is 0.481. The first-order valence-corrected chi connectivity index (χ1v) is 9.58. The molecule has 26 heavy (non-hydrogen) atoms. The van der Waals surface area contributed by atoms with Crippen molar-refractivity contribution in [3.05, 3.63) is 71.2 Å². The Morgan fingerprint density at radius 2 is 1.81 bits per heavy atom. The summed E-state index contributed by atoms with van der Waals surface area (Å²) in [5, 5.41) is 8.91. The van der Waals surface area contributed by atoms with E-state index in [1.165, 1.54) is 16.4 Å². The maximum atomic E-state index is 6.02. The van der Waals surface area contributed by atoms with Crippen LogP contribution < -0.4 is 5.84 Å². The van der Waals surface area contributed by atoms with Crippen LogP contribution in [-0.2, 0) is 5.75 Å². The second-order valence-electron chi connectivity index (χ2n) is 5.45. The Labute approximate surface area is 162 Å². The summed E-state index contributed by atoms with van der Waals surface area (Å²) < 4.78 is 8.17. The summed E-state index contributed by atoms with van der Waals surface area (Å²) in [6, 6.07) is 17.6. The molecule has 0 fully saturated rings. The highest BCUT2D eigenvalue weighted by atomic mass is 79.9. The zero-order valence-corrected chi connectivity index (χ0v) is 15.9. The van der Waals surface area contributed by atoms with Gasteiger partial charge in [0.2, 0.25) is 11.8 Å². The lowest BCUT2D eigenvalue weighted by molar-refractivity contribution is 0.528. The number of imidazole rings is 1. The molecule has 130 valence electrons. The molecule has 0 aliphatic heterocycles. The third kappa shape index (κ3) is 3.51. The van der Waals surface area contributed by atoms with Crippen LogP contribution in [0, 0.1) is 0 Å². The lowest BCUT2D eigenvalue weighted by Gasteiger charge is -1.98. The number of halogens is 1. The third-order valence-electron chi connectivity index (χ3n) is 3.66. The minimum atomic E-state index is 0.481. The molecule has 8 heteroatoms. The quantitative estimate of drug-likeness (QED) is 0.376. The molecule has 0 saturated carbocycles. The molecule has 2 aromatic carbocycles. The van der Waals surface area contributed by atoms with E-state index in [1.54, 1.807) is 6.20 Å². The normalized spacial score (nSPS) is 11.0. The zero-order valence-electron chi connectivity index (χ0n) is 13.5. The summed E-state index contributed by atoms with van der Waals surface area (Å²) in [6.07, 6.45) is 1.80. The van der Waals surface area contributed by atoms with Crippen LogP contribution >= 0.6 is 27.7 Å². The summed E-state index contributed by atoms with van der Waals surface area (Å²) in [6.45, 7) is 0. The van der Waals surface area contributed by atoms with Gasteiger partial charge in [-0.25, -0.2) is 9.66 Å². The van der Waals surface area contributed by atoms with Gasteiger partial charge in [0.1, 0.15) is 0 Å². The Bertz CT molecular complexity index is 1030. The van der Waals surface area contributed by atoms with Gasteiger partial charge in [-0.15, -0.1) is 10.2 Å². The molecule has 0 saturated heterocycles. The highest BCUT2D eigenvalue weighted by Gasteiger charge is 2.14. The maximum Gasteiger partial charge on any atom is 0.248 e. The van der Waals surface area contributed by atoms with E-state index in [9.17, 15) is 0 Å². The van der Waals surface area contributed by atoms with Gasteiger partial charge in [0, 0.05) is 10.0 Å². The second-order valence-corrected chi connectivity index (χ2v) is 7.25. The molecule has 6 nitrogen and oxygen atoms in total. The van der Waals surface area contributed by atoms with Gasteiger partial charge in [-0.3, -0.25) is 0 Å². The van der Waals surface area contributed by atoms with Crippen LogP contribution in [0.3, 0.4) is 0 Å². The number of thioether (sulfide) groups is 1. The van der Waals surface area contributed by atoms with E-state index in [2.05, 4.69) is 31.1 Å². The van der Waals surface area contributed by atoms with Gasteiger partial charge in [-0.1, -0.05) is 54.2 Å². The smallest absolute Gasteiger partial charge is 0.248 e. The number of nitrogen functional groups attached to an aromatic ring is 1. The number of hydrogen-bond donors (Lipinski definition) is 1. The molecule has 4 rings (SSSR count). The van der Waals surface area contributed by atoms with Crippen molar-refractivity contribution in [2.45, 2.75) is 10.9 Å². The number of rotatable bonds is 5. The fraction of sp³-hybridized carbons (Fsp3) is 0.0556. The SMILES string of the molecule is Nn1cc(-c2ccccc2)nc1SCc1nnc(-c2ccccc2Br)o1. The largest absolute Gasteiger partial charge is 0.420 e. The van der Waals surface area contributed by atoms with E-state index in [0.29, 0.717) is 22.7 Å². The second kappa shape index (κ2) is 7.35. The van der Waals surface area contributed by atoms with Crippen molar-refractivity contribution in [1.82, 2.24) is 19.9 Å². The first kappa shape index (κ1) is 16.9. The zero-order chi connectivity index (χ0) is 17.9. The van der Waals surface area contributed by atoms with Gasteiger partial charge in [-0.2, -0.15) is 0 Å². The molecular weight excluding hydrogens is 414 g/mol. The van der Waals surface area contributed by atoms with E-state index >= 15 is 0 Å². The van der Waals surface area contributed by atoms with Gasteiger partial charge in [0.15, 0.2) is 5.16 Å². The van der Waals surface area contributed by atoms with Crippen LogP contribution in [0.1, 0.15) is 5.89 Å². The van der Waals surface area contributed by atoms with Crippen molar-refractivity contribution in [1.29, 1.82) is 0 Å². The van der Waals surface area contributed by atoms with E-state index in [0.717, 1.165) is 21.3 Å². The Morgan fingerprint density at radius 1 is 1.04 bits per heavy atom. The fourth-order valence-corrected chi connectivity index (χ4v) is 3.60. The molecule has 0 aliphatic rings. The predicted molar refractivity (Wildman–Crippen MR) is 105 cm³/mol. The van der Waals surface area contributed by atoms with Gasteiger partial charge in [0.05, 0.1) is 23.2 Å². The Hall–Kier alpha value is -2.58. The summed E-state index contributed by atoms with van der Waals surface area (Å²) in [5.41, 5.74) is 2.71. The van der Waals surface area contributed by atoms with Crippen molar-refractivity contribution < 1.29 is 4.42 Å². The van der Waals surface area contributed by atoms with Crippen molar-refractivity contribution in [3.63, 3.8) is 0 Å². The number of benzene rings is 2. The summed E-state index contributed by atoms with van der Waals surface area (Å²) in [7, 11) is 0. The molecular formula is C18H14BrN5OS. The molecule has 0 bridgehead atoms. The first-order chi connectivity index (χ1) is 12.7. The number of hydrogen-bond acceptors (Lipinski definition) is 6. The summed E-state index contributed by atoms with van der Waals surface area (Å²) in [4.78, 5) is 4.58. The summed E-state index contributed by atoms with van der Waals surface area (Å²) in [5.74, 6) is 7.50. The Kier molecular flexibility index (Phi) is 4.77. The van der Waals surface area contributed by atoms with Crippen molar-refractivity contribution in [3.8, 4) is 22.7 Å². The van der Waals surface area contributed by atoms with Crippen LogP contribution in [-0.4, -0.2) is 19.9 Å². The van der Waals surface area contributed by atoms with E-state index in [-0.39, 0.29) is 0 Å². The van der Waals surface area contributed by atoms with E-state index in [1.807, 2.05) is 54.6 Å². The van der Waals surface area contributed by atoms with Crippen LogP contribution in [0.4, 0.5) is 0 Å². The molecule has 4 aromatic rings. The summed E-state index contributed by atoms with van der Waals surface area (Å²) >= 11 is 4.94. The van der Waals surface area contributed by atoms with E-state index < -0.39 is 0 Å². The molecule has 2 N–H and O–H groups in total. The molecule has 0 spiro atoms. The average Bonchev–Trinajstić information content (AvgIpc) is 3.28. The number of nitrogens with zero attached hydrogens (tertiary/aromatic N) is 4. The van der Waals surface area contributed by atoms with Crippen molar-refractivity contribution >= 4 is 27.7 Å². The Morgan fingerprint density at radius 3 is 2.62 bits per heavy atom. The van der Waals surface area contributed by atoms with Crippen molar-refractivity contribution in [2.75, 3.05) is 5.84 Å². The first-order valence-electron chi connectivity index (χ1n) is 7.80. The molecule has 2 aromatic heterocycles. The highest BCUT2D eigenvalue weighted by Crippen LogP contribution is 2.29. The molecule has 0 aliphatic carbocycles. The van der Waals surface area contributed by atoms with Gasteiger partial charge >= 0.3 is 0 Å². The van der Waals surface area contributed by atoms with Crippen LogP contribution in [0.2, 0.25) is 0 Å². The lowest BCUT2D eigenvalue weighted by atomic mass is 10.2. The predicted octanol–water partition coefficient (Wildman–Crippen LogP) is 4.37. The standard InChI is InChI=1S/C18H14BrN5OS/c19-14-9-5-4-8-13(14)17-23-22-16(25-17)11-26-18-21-15(10-24(18)20)12-6-2-1-3-7-12/h1-10H,11,20H2. The highest BCUT2D eigenvalue weighted by molar-refractivity contribution is 9.10. The molecule has 0 unspecified atom stereocenters. The lowest BCUT2D eigenvalue weighted by Crippen LogP contribution is -2.07. The third-order valence-corrected chi connectivity index (χ3v) is 5.31. The molecule has 0 atom stereocenters. The molecule has 0 radical (unpaired) electrons.